The molecule has 0 saturated heterocycles. The minimum absolute atomic E-state index is 0.195. The first-order valence-corrected chi connectivity index (χ1v) is 9.82. The van der Waals surface area contributed by atoms with Crippen LogP contribution >= 0.6 is 0 Å². The van der Waals surface area contributed by atoms with Crippen molar-refractivity contribution in [2.45, 2.75) is 65.2 Å². The molecule has 4 aliphatic carbocycles. The van der Waals surface area contributed by atoms with Gasteiger partial charge in [-0.15, -0.1) is 6.58 Å². The van der Waals surface area contributed by atoms with E-state index in [0.717, 1.165) is 30.1 Å². The summed E-state index contributed by atoms with van der Waals surface area (Å²) in [7, 11) is 0. The molecule has 0 amide bonds. The molecule has 0 spiro atoms. The van der Waals surface area contributed by atoms with E-state index in [1.165, 1.54) is 51.2 Å². The zero-order chi connectivity index (χ0) is 16.2. The Morgan fingerprint density at radius 3 is 2.65 bits per heavy atom. The predicted molar refractivity (Wildman–Crippen MR) is 94.9 cm³/mol. The fourth-order valence-corrected chi connectivity index (χ4v) is 7.29. The van der Waals surface area contributed by atoms with E-state index in [1.807, 2.05) is 0 Å². The van der Waals surface area contributed by atoms with Crippen molar-refractivity contribution >= 4 is 6.29 Å². The van der Waals surface area contributed by atoms with Crippen molar-refractivity contribution in [1.29, 1.82) is 0 Å². The Kier molecular flexibility index (Phi) is 3.63. The number of hydrogen-bond acceptors (Lipinski definition) is 1. The highest BCUT2D eigenvalue weighted by atomic mass is 16.1. The Balaban J connectivity index is 1.65. The Labute approximate surface area is 141 Å². The van der Waals surface area contributed by atoms with Crippen molar-refractivity contribution in [1.82, 2.24) is 0 Å². The predicted octanol–water partition coefficient (Wildman–Crippen LogP) is 5.57. The van der Waals surface area contributed by atoms with Gasteiger partial charge in [-0.05, 0) is 85.9 Å². The fraction of sp³-hybridized carbons (Fsp3) is 0.773. The molecule has 3 saturated carbocycles. The molecule has 1 nitrogen and oxygen atoms in total. The first-order valence-electron chi connectivity index (χ1n) is 9.82. The quantitative estimate of drug-likeness (QED) is 0.481. The number of hydrogen-bond donors (Lipinski definition) is 0. The molecule has 3 fully saturated rings. The van der Waals surface area contributed by atoms with Gasteiger partial charge in [-0.3, -0.25) is 0 Å². The number of allylic oxidation sites excluding steroid dienone is 3. The van der Waals surface area contributed by atoms with Gasteiger partial charge in [0.2, 0.25) is 0 Å². The summed E-state index contributed by atoms with van der Waals surface area (Å²) in [5.74, 6) is 3.61. The molecule has 23 heavy (non-hydrogen) atoms. The molecule has 0 aliphatic heterocycles. The van der Waals surface area contributed by atoms with Crippen LogP contribution in [0.1, 0.15) is 65.2 Å². The topological polar surface area (TPSA) is 17.1 Å². The molecule has 1 heteroatoms. The van der Waals surface area contributed by atoms with Crippen LogP contribution in [0.4, 0.5) is 0 Å². The standard InChI is InChI=1S/C22H32O/c1-4-16-6-8-19-18-7-5-17-13-15(14-23)9-11-22(17,3)20(18)10-12-21(16,19)2/h4,13-16,18-20H,1,5-12H2,2-3H3/t15?,16-,18-,19-,20-,21+,22-/m0/s1. The minimum atomic E-state index is 0.195. The largest absolute Gasteiger partial charge is 0.303 e. The normalized spacial score (nSPS) is 51.9. The molecule has 4 rings (SSSR count). The number of fused-ring (bicyclic) bond motifs is 5. The van der Waals surface area contributed by atoms with Crippen molar-refractivity contribution in [3.63, 3.8) is 0 Å². The van der Waals surface area contributed by atoms with Gasteiger partial charge >= 0.3 is 0 Å². The Morgan fingerprint density at radius 2 is 1.91 bits per heavy atom. The van der Waals surface area contributed by atoms with Crippen LogP contribution in [0.2, 0.25) is 0 Å². The molecule has 0 aromatic heterocycles. The van der Waals surface area contributed by atoms with Crippen LogP contribution in [-0.4, -0.2) is 6.29 Å². The number of carbonyl (C=O) groups excluding carboxylic acids is 1. The highest BCUT2D eigenvalue weighted by Crippen LogP contribution is 2.66. The van der Waals surface area contributed by atoms with Crippen LogP contribution in [0.25, 0.3) is 0 Å². The first kappa shape index (κ1) is 15.7. The highest BCUT2D eigenvalue weighted by Gasteiger charge is 2.58. The zero-order valence-corrected chi connectivity index (χ0v) is 14.9. The lowest BCUT2D eigenvalue weighted by Crippen LogP contribution is -2.50. The number of rotatable bonds is 2. The summed E-state index contributed by atoms with van der Waals surface area (Å²) in [4.78, 5) is 11.2. The van der Waals surface area contributed by atoms with Crippen LogP contribution in [0.3, 0.4) is 0 Å². The highest BCUT2D eigenvalue weighted by molar-refractivity contribution is 5.58. The summed E-state index contributed by atoms with van der Waals surface area (Å²) >= 11 is 0. The molecule has 7 atom stereocenters. The average molecular weight is 312 g/mol. The van der Waals surface area contributed by atoms with Crippen molar-refractivity contribution < 1.29 is 4.79 Å². The summed E-state index contributed by atoms with van der Waals surface area (Å²) in [5.41, 5.74) is 2.53. The molecule has 126 valence electrons. The van der Waals surface area contributed by atoms with Crippen LogP contribution in [0.15, 0.2) is 24.3 Å². The maximum absolute atomic E-state index is 11.2. The van der Waals surface area contributed by atoms with Gasteiger partial charge in [0.15, 0.2) is 0 Å². The Hall–Kier alpha value is -0.850. The van der Waals surface area contributed by atoms with Crippen LogP contribution in [0.5, 0.6) is 0 Å². The van der Waals surface area contributed by atoms with Gasteiger partial charge in [-0.2, -0.15) is 0 Å². The van der Waals surface area contributed by atoms with Crippen molar-refractivity contribution in [2.24, 2.45) is 40.4 Å². The molecule has 0 radical (unpaired) electrons. The van der Waals surface area contributed by atoms with Gasteiger partial charge in [0, 0.05) is 5.92 Å². The van der Waals surface area contributed by atoms with Gasteiger partial charge in [0.25, 0.3) is 0 Å². The fourth-order valence-electron chi connectivity index (χ4n) is 7.29. The lowest BCUT2D eigenvalue weighted by atomic mass is 9.46. The second kappa shape index (κ2) is 5.33. The molecular formula is C22H32O. The average Bonchev–Trinajstić information content (AvgIpc) is 2.90. The van der Waals surface area contributed by atoms with Crippen molar-refractivity contribution in [2.75, 3.05) is 0 Å². The van der Waals surface area contributed by atoms with Gasteiger partial charge in [-0.25, -0.2) is 0 Å². The molecule has 4 aliphatic rings. The maximum Gasteiger partial charge on any atom is 0.126 e. The summed E-state index contributed by atoms with van der Waals surface area (Å²) in [6, 6.07) is 0. The van der Waals surface area contributed by atoms with Gasteiger partial charge in [-0.1, -0.05) is 31.6 Å². The molecule has 0 aromatic rings. The third-order valence-corrected chi connectivity index (χ3v) is 8.68. The van der Waals surface area contributed by atoms with E-state index in [4.69, 9.17) is 0 Å². The zero-order valence-electron chi connectivity index (χ0n) is 14.9. The van der Waals surface area contributed by atoms with Gasteiger partial charge in [0.05, 0.1) is 0 Å². The maximum atomic E-state index is 11.2. The smallest absolute Gasteiger partial charge is 0.126 e. The van der Waals surface area contributed by atoms with Gasteiger partial charge in [0.1, 0.15) is 6.29 Å². The van der Waals surface area contributed by atoms with E-state index >= 15 is 0 Å². The van der Waals surface area contributed by atoms with Crippen molar-refractivity contribution in [3.8, 4) is 0 Å². The Bertz CT molecular complexity index is 546. The molecule has 0 bridgehead atoms. The molecule has 0 aromatic carbocycles. The summed E-state index contributed by atoms with van der Waals surface area (Å²) in [5, 5.41) is 0. The minimum Gasteiger partial charge on any atom is -0.303 e. The van der Waals surface area contributed by atoms with Crippen LogP contribution in [0, 0.1) is 40.4 Å². The van der Waals surface area contributed by atoms with Crippen LogP contribution < -0.4 is 0 Å². The third-order valence-electron chi connectivity index (χ3n) is 8.68. The van der Waals surface area contributed by atoms with E-state index in [9.17, 15) is 4.79 Å². The molecule has 0 heterocycles. The van der Waals surface area contributed by atoms with E-state index in [2.05, 4.69) is 32.6 Å². The van der Waals surface area contributed by atoms with E-state index in [0.29, 0.717) is 10.8 Å². The number of aldehydes is 1. The van der Waals surface area contributed by atoms with Gasteiger partial charge < -0.3 is 4.79 Å². The second-order valence-electron chi connectivity index (χ2n) is 9.33. The summed E-state index contributed by atoms with van der Waals surface area (Å²) in [6.07, 6.45) is 16.2. The molecule has 1 unspecified atom stereocenters. The number of carbonyl (C=O) groups is 1. The van der Waals surface area contributed by atoms with Crippen molar-refractivity contribution in [3.05, 3.63) is 24.3 Å². The Morgan fingerprint density at radius 1 is 1.09 bits per heavy atom. The SMILES string of the molecule is C=C[C@H]1CC[C@H]2[C@@H]3CCC4=CC(C=O)CC[C@]4(C)[C@H]3CC[C@]12C. The first-order chi connectivity index (χ1) is 11.0. The van der Waals surface area contributed by atoms with E-state index in [1.54, 1.807) is 5.57 Å². The third kappa shape index (κ3) is 2.07. The van der Waals surface area contributed by atoms with Crippen LogP contribution in [-0.2, 0) is 4.79 Å². The summed E-state index contributed by atoms with van der Waals surface area (Å²) < 4.78 is 0. The van der Waals surface area contributed by atoms with E-state index in [-0.39, 0.29) is 5.92 Å². The lowest BCUT2D eigenvalue weighted by molar-refractivity contribution is -0.110. The summed E-state index contributed by atoms with van der Waals surface area (Å²) in [6.45, 7) is 9.22. The monoisotopic (exact) mass is 312 g/mol. The molecule has 0 N–H and O–H groups in total. The molecular weight excluding hydrogens is 280 g/mol. The van der Waals surface area contributed by atoms with E-state index < -0.39 is 0 Å². The lowest BCUT2D eigenvalue weighted by Gasteiger charge is -2.58. The second-order valence-corrected chi connectivity index (χ2v) is 9.33.